The first kappa shape index (κ1) is 21.5. The number of alkyl halides is 2. The Kier molecular flexibility index (Phi) is 7.04. The van der Waals surface area contributed by atoms with E-state index in [2.05, 4.69) is 36.8 Å². The lowest BCUT2D eigenvalue weighted by molar-refractivity contribution is 0.0915. The maximum atomic E-state index is 12.4. The van der Waals surface area contributed by atoms with Crippen molar-refractivity contribution < 1.29 is 23.8 Å². The standard InChI is InChI=1S/C15H20Br2N3O5P/c1-8-10(5-9(17)7-20(4-3-16)26(18,23)24)19-14-11(21)6-12(25-2)15(22)13(8)14/h6,9,19H,3-5,7H2,1-2H3,(H3,18,23,24). The van der Waals surface area contributed by atoms with Crippen LogP contribution in [0.4, 0.5) is 0 Å². The first-order valence-electron chi connectivity index (χ1n) is 7.73. The van der Waals surface area contributed by atoms with Gasteiger partial charge in [-0.3, -0.25) is 14.2 Å². The Morgan fingerprint density at radius 1 is 1.46 bits per heavy atom. The molecule has 2 rings (SSSR count). The summed E-state index contributed by atoms with van der Waals surface area (Å²) in [5, 5.41) is 0.499. The van der Waals surface area contributed by atoms with Crippen LogP contribution in [0.3, 0.4) is 0 Å². The highest BCUT2D eigenvalue weighted by molar-refractivity contribution is 9.09. The third kappa shape index (κ3) is 4.55. The van der Waals surface area contributed by atoms with E-state index in [1.807, 2.05) is 0 Å². The van der Waals surface area contributed by atoms with Gasteiger partial charge in [-0.05, 0) is 12.5 Å². The number of hydrogen-bond donors (Lipinski definition) is 3. The van der Waals surface area contributed by atoms with Crippen molar-refractivity contribution in [2.75, 3.05) is 25.5 Å². The van der Waals surface area contributed by atoms with Gasteiger partial charge in [0, 0.05) is 41.4 Å². The quantitative estimate of drug-likeness (QED) is 0.360. The number of aromatic amines is 1. The summed E-state index contributed by atoms with van der Waals surface area (Å²) in [5.41, 5.74) is 7.28. The van der Waals surface area contributed by atoms with Crippen LogP contribution in [0.25, 0.3) is 0 Å². The molecule has 26 heavy (non-hydrogen) atoms. The molecule has 0 radical (unpaired) electrons. The lowest BCUT2D eigenvalue weighted by Crippen LogP contribution is -2.32. The van der Waals surface area contributed by atoms with Gasteiger partial charge >= 0.3 is 7.67 Å². The zero-order chi connectivity index (χ0) is 19.6. The van der Waals surface area contributed by atoms with E-state index in [9.17, 15) is 19.0 Å². The van der Waals surface area contributed by atoms with Crippen LogP contribution in [0.1, 0.15) is 32.1 Å². The van der Waals surface area contributed by atoms with Gasteiger partial charge in [-0.25, -0.2) is 10.2 Å². The fourth-order valence-corrected chi connectivity index (χ4v) is 5.23. The number of ketones is 2. The molecule has 1 aliphatic carbocycles. The van der Waals surface area contributed by atoms with Crippen molar-refractivity contribution in [2.24, 2.45) is 5.50 Å². The molecule has 0 aliphatic heterocycles. The first-order chi connectivity index (χ1) is 12.1. The monoisotopic (exact) mass is 511 g/mol. The molecular formula is C15H20Br2N3O5P. The van der Waals surface area contributed by atoms with Gasteiger partial charge < -0.3 is 14.6 Å². The molecule has 1 heterocycles. The molecule has 1 aromatic rings. The number of carbonyl (C=O) groups is 2. The van der Waals surface area contributed by atoms with Crippen LogP contribution in [-0.4, -0.2) is 56.5 Å². The zero-order valence-electron chi connectivity index (χ0n) is 14.3. The van der Waals surface area contributed by atoms with E-state index in [4.69, 9.17) is 10.2 Å². The summed E-state index contributed by atoms with van der Waals surface area (Å²) in [6, 6.07) is 0. The number of Topliss-reactive ketones (excluding diaryl/α,β-unsaturated/α-hetero) is 1. The Balaban J connectivity index is 2.22. The van der Waals surface area contributed by atoms with Crippen LogP contribution in [0.5, 0.6) is 0 Å². The molecule has 2 unspecified atom stereocenters. The number of nitrogens with zero attached hydrogens (tertiary/aromatic N) is 1. The van der Waals surface area contributed by atoms with E-state index in [0.29, 0.717) is 35.1 Å². The summed E-state index contributed by atoms with van der Waals surface area (Å²) >= 11 is 6.72. The van der Waals surface area contributed by atoms with E-state index in [0.717, 1.165) is 0 Å². The molecule has 8 nitrogen and oxygen atoms in total. The third-order valence-electron chi connectivity index (χ3n) is 4.12. The number of halogens is 2. The number of ether oxygens (including phenoxy) is 1. The lowest BCUT2D eigenvalue weighted by Gasteiger charge is -2.25. The van der Waals surface area contributed by atoms with Crippen LogP contribution in [0.15, 0.2) is 11.8 Å². The molecule has 0 fully saturated rings. The summed E-state index contributed by atoms with van der Waals surface area (Å²) in [6.07, 6.45) is 1.59. The molecule has 0 bridgehead atoms. The van der Waals surface area contributed by atoms with E-state index >= 15 is 0 Å². The van der Waals surface area contributed by atoms with Gasteiger partial charge in [0.25, 0.3) is 0 Å². The second-order valence-electron chi connectivity index (χ2n) is 5.88. The minimum atomic E-state index is -3.87. The van der Waals surface area contributed by atoms with Gasteiger partial charge in [-0.1, -0.05) is 31.9 Å². The van der Waals surface area contributed by atoms with Gasteiger partial charge in [0.2, 0.25) is 11.6 Å². The maximum Gasteiger partial charge on any atom is 0.338 e. The number of methoxy groups -OCH3 is 1. The molecule has 2 atom stereocenters. The second kappa shape index (κ2) is 8.50. The number of hydrogen-bond acceptors (Lipinski definition) is 4. The zero-order valence-corrected chi connectivity index (χ0v) is 18.4. The van der Waals surface area contributed by atoms with Crippen LogP contribution in [0, 0.1) is 6.92 Å². The van der Waals surface area contributed by atoms with Crippen molar-refractivity contribution >= 4 is 51.1 Å². The van der Waals surface area contributed by atoms with Crippen molar-refractivity contribution in [3.63, 3.8) is 0 Å². The Morgan fingerprint density at radius 3 is 2.65 bits per heavy atom. The molecule has 0 amide bonds. The molecule has 0 spiro atoms. The highest BCUT2D eigenvalue weighted by Crippen LogP contribution is 2.37. The number of nitrogens with one attached hydrogen (secondary N) is 1. The van der Waals surface area contributed by atoms with E-state index < -0.39 is 7.67 Å². The summed E-state index contributed by atoms with van der Waals surface area (Å²) < 4.78 is 18.0. The normalized spacial score (nSPS) is 17.7. The summed E-state index contributed by atoms with van der Waals surface area (Å²) in [7, 11) is -2.53. The molecule has 144 valence electrons. The van der Waals surface area contributed by atoms with Gasteiger partial charge in [0.1, 0.15) is 0 Å². The largest absolute Gasteiger partial charge is 0.492 e. The number of aromatic nitrogens is 1. The topological polar surface area (TPSA) is 126 Å². The van der Waals surface area contributed by atoms with Crippen LogP contribution < -0.4 is 5.50 Å². The van der Waals surface area contributed by atoms with E-state index in [1.165, 1.54) is 17.9 Å². The Labute approximate surface area is 168 Å². The Morgan fingerprint density at radius 2 is 2.12 bits per heavy atom. The van der Waals surface area contributed by atoms with Crippen LogP contribution >= 0.6 is 39.5 Å². The molecule has 11 heteroatoms. The Bertz CT molecular complexity index is 801. The average Bonchev–Trinajstić information content (AvgIpc) is 2.87. The SMILES string of the molecule is COC1=CC(=O)c2[nH]c(CC(Br)CN(CCBr)P(N)(=O)O)c(C)c2C1=O. The third-order valence-corrected chi connectivity index (χ3v) is 6.26. The molecule has 4 N–H and O–H groups in total. The molecule has 0 aromatic carbocycles. The minimum absolute atomic E-state index is 0.0133. The van der Waals surface area contributed by atoms with Gasteiger partial charge in [0.15, 0.2) is 5.76 Å². The number of fused-ring (bicyclic) bond motifs is 1. The molecule has 0 saturated carbocycles. The number of nitrogens with two attached hydrogens (primary N) is 1. The lowest BCUT2D eigenvalue weighted by atomic mass is 9.96. The number of allylic oxidation sites excluding steroid dienone is 2. The molecular weight excluding hydrogens is 493 g/mol. The van der Waals surface area contributed by atoms with Gasteiger partial charge in [-0.2, -0.15) is 0 Å². The van der Waals surface area contributed by atoms with Crippen LogP contribution in [0.2, 0.25) is 0 Å². The molecule has 1 aromatic heterocycles. The highest BCUT2D eigenvalue weighted by Gasteiger charge is 2.32. The fourth-order valence-electron chi connectivity index (χ4n) is 2.81. The predicted octanol–water partition coefficient (Wildman–Crippen LogP) is 2.29. The predicted molar refractivity (Wildman–Crippen MR) is 105 cm³/mol. The van der Waals surface area contributed by atoms with Gasteiger partial charge in [0.05, 0.1) is 18.4 Å². The Hall–Kier alpha value is -0.770. The fraction of sp³-hybridized carbons (Fsp3) is 0.467. The second-order valence-corrected chi connectivity index (χ2v) is 9.71. The van der Waals surface area contributed by atoms with Crippen LogP contribution in [-0.2, 0) is 15.7 Å². The maximum absolute atomic E-state index is 12.4. The van der Waals surface area contributed by atoms with Gasteiger partial charge in [-0.15, -0.1) is 0 Å². The van der Waals surface area contributed by atoms with Crippen molar-refractivity contribution in [1.82, 2.24) is 9.65 Å². The van der Waals surface area contributed by atoms with Crippen molar-refractivity contribution in [1.29, 1.82) is 0 Å². The highest BCUT2D eigenvalue weighted by atomic mass is 79.9. The van der Waals surface area contributed by atoms with E-state index in [-0.39, 0.29) is 34.4 Å². The van der Waals surface area contributed by atoms with Crippen molar-refractivity contribution in [3.8, 4) is 0 Å². The minimum Gasteiger partial charge on any atom is -0.492 e. The number of H-pyrrole nitrogens is 1. The van der Waals surface area contributed by atoms with E-state index in [1.54, 1.807) is 6.92 Å². The summed E-state index contributed by atoms with van der Waals surface area (Å²) in [6.45, 7) is 2.29. The molecule has 1 aliphatic rings. The molecule has 0 saturated heterocycles. The number of carbonyl (C=O) groups excluding carboxylic acids is 2. The smallest absolute Gasteiger partial charge is 0.338 e. The van der Waals surface area contributed by atoms with Crippen molar-refractivity contribution in [3.05, 3.63) is 34.3 Å². The number of rotatable bonds is 8. The summed E-state index contributed by atoms with van der Waals surface area (Å²) in [4.78, 5) is 37.1. The van der Waals surface area contributed by atoms with Crippen molar-refractivity contribution in [2.45, 2.75) is 18.2 Å². The summed E-state index contributed by atoms with van der Waals surface area (Å²) in [5.74, 6) is -0.644. The first-order valence-corrected chi connectivity index (χ1v) is 11.4. The average molecular weight is 513 g/mol.